The first-order valence-corrected chi connectivity index (χ1v) is 9.31. The first-order valence-electron chi connectivity index (χ1n) is 7.78. The topological polar surface area (TPSA) is 29.1 Å². The predicted molar refractivity (Wildman–Crippen MR) is 100 cm³/mol. The highest BCUT2D eigenvalue weighted by atomic mass is 35.5. The standard InChI is InChI=1S/C19H22ClNOS/c1-15-3-2-4-17(13-15)14-23-12-11-21-19(22)10-7-16-5-8-18(20)9-6-16/h2-6,8-9,13H,7,10-12,14H2,1H3,(H,21,22). The highest BCUT2D eigenvalue weighted by Gasteiger charge is 2.02. The second-order valence-electron chi connectivity index (χ2n) is 5.52. The number of hydrogen-bond donors (Lipinski definition) is 1. The molecule has 0 saturated heterocycles. The molecule has 0 unspecified atom stereocenters. The number of carbonyl (C=O) groups excluding carboxylic acids is 1. The van der Waals surface area contributed by atoms with Gasteiger partial charge in [-0.05, 0) is 36.6 Å². The van der Waals surface area contributed by atoms with Crippen LogP contribution in [0.3, 0.4) is 0 Å². The number of aryl methyl sites for hydroxylation is 2. The first-order chi connectivity index (χ1) is 11.1. The summed E-state index contributed by atoms with van der Waals surface area (Å²) in [4.78, 5) is 11.8. The summed E-state index contributed by atoms with van der Waals surface area (Å²) >= 11 is 7.69. The van der Waals surface area contributed by atoms with Crippen molar-refractivity contribution in [2.75, 3.05) is 12.3 Å². The molecule has 0 aliphatic rings. The van der Waals surface area contributed by atoms with Gasteiger partial charge in [-0.15, -0.1) is 0 Å². The third-order valence-corrected chi connectivity index (χ3v) is 4.76. The van der Waals surface area contributed by atoms with Gasteiger partial charge >= 0.3 is 0 Å². The number of halogens is 1. The smallest absolute Gasteiger partial charge is 0.220 e. The molecule has 1 amide bonds. The molecule has 2 nitrogen and oxygen atoms in total. The first kappa shape index (κ1) is 17.9. The molecule has 0 atom stereocenters. The van der Waals surface area contributed by atoms with Gasteiger partial charge in [0, 0.05) is 29.5 Å². The van der Waals surface area contributed by atoms with Crippen LogP contribution >= 0.6 is 23.4 Å². The lowest BCUT2D eigenvalue weighted by molar-refractivity contribution is -0.120. The maximum atomic E-state index is 11.8. The van der Waals surface area contributed by atoms with E-state index < -0.39 is 0 Å². The minimum atomic E-state index is 0.108. The van der Waals surface area contributed by atoms with Crippen LogP contribution in [0.4, 0.5) is 0 Å². The van der Waals surface area contributed by atoms with Crippen LogP contribution in [0.5, 0.6) is 0 Å². The molecule has 0 bridgehead atoms. The van der Waals surface area contributed by atoms with E-state index in [1.807, 2.05) is 36.0 Å². The van der Waals surface area contributed by atoms with Crippen molar-refractivity contribution < 1.29 is 4.79 Å². The van der Waals surface area contributed by atoms with E-state index in [0.29, 0.717) is 6.42 Å². The van der Waals surface area contributed by atoms with Crippen molar-refractivity contribution in [2.45, 2.75) is 25.5 Å². The minimum Gasteiger partial charge on any atom is -0.355 e. The quantitative estimate of drug-likeness (QED) is 0.705. The number of benzene rings is 2. The normalized spacial score (nSPS) is 10.5. The summed E-state index contributed by atoms with van der Waals surface area (Å²) in [5.74, 6) is 2.03. The predicted octanol–water partition coefficient (Wildman–Crippen LogP) is 4.63. The van der Waals surface area contributed by atoms with E-state index in [1.165, 1.54) is 11.1 Å². The van der Waals surface area contributed by atoms with Crippen molar-refractivity contribution in [3.05, 3.63) is 70.2 Å². The maximum absolute atomic E-state index is 11.8. The van der Waals surface area contributed by atoms with Gasteiger partial charge in [-0.1, -0.05) is 53.6 Å². The Morgan fingerprint density at radius 1 is 1.13 bits per heavy atom. The average molecular weight is 348 g/mol. The molecule has 2 rings (SSSR count). The van der Waals surface area contributed by atoms with E-state index in [9.17, 15) is 4.79 Å². The van der Waals surface area contributed by atoms with E-state index in [0.717, 1.165) is 35.1 Å². The molecule has 0 aliphatic heterocycles. The molecule has 2 aromatic carbocycles. The fourth-order valence-electron chi connectivity index (χ4n) is 2.25. The molecule has 0 aromatic heterocycles. The van der Waals surface area contributed by atoms with Gasteiger partial charge in [0.25, 0.3) is 0 Å². The molecular weight excluding hydrogens is 326 g/mol. The van der Waals surface area contributed by atoms with Crippen LogP contribution in [0.1, 0.15) is 23.1 Å². The van der Waals surface area contributed by atoms with Crippen LogP contribution in [0.15, 0.2) is 48.5 Å². The van der Waals surface area contributed by atoms with E-state index in [-0.39, 0.29) is 5.91 Å². The summed E-state index contributed by atoms with van der Waals surface area (Å²) in [5.41, 5.74) is 3.76. The number of rotatable bonds is 8. The zero-order valence-electron chi connectivity index (χ0n) is 13.3. The number of thioether (sulfide) groups is 1. The summed E-state index contributed by atoms with van der Waals surface area (Å²) in [7, 11) is 0. The lowest BCUT2D eigenvalue weighted by Crippen LogP contribution is -2.25. The summed E-state index contributed by atoms with van der Waals surface area (Å²) in [6.07, 6.45) is 1.27. The second-order valence-corrected chi connectivity index (χ2v) is 7.06. The Balaban J connectivity index is 1.57. The highest BCUT2D eigenvalue weighted by Crippen LogP contribution is 2.13. The Labute approximate surface area is 147 Å². The van der Waals surface area contributed by atoms with Crippen molar-refractivity contribution in [2.24, 2.45) is 0 Å². The zero-order chi connectivity index (χ0) is 16.5. The van der Waals surface area contributed by atoms with Crippen LogP contribution in [-0.4, -0.2) is 18.2 Å². The van der Waals surface area contributed by atoms with Gasteiger partial charge in [-0.25, -0.2) is 0 Å². The van der Waals surface area contributed by atoms with Crippen LogP contribution in [0.25, 0.3) is 0 Å². The molecule has 0 fully saturated rings. The molecule has 0 aliphatic carbocycles. The van der Waals surface area contributed by atoms with Gasteiger partial charge in [0.2, 0.25) is 5.91 Å². The number of nitrogens with one attached hydrogen (secondary N) is 1. The molecule has 1 N–H and O–H groups in total. The Bertz CT molecular complexity index is 628. The summed E-state index contributed by atoms with van der Waals surface area (Å²) in [5, 5.41) is 3.70. The van der Waals surface area contributed by atoms with E-state index >= 15 is 0 Å². The Kier molecular flexibility index (Phi) is 7.50. The van der Waals surface area contributed by atoms with Gasteiger partial charge in [0.1, 0.15) is 0 Å². The molecule has 0 radical (unpaired) electrons. The molecule has 4 heteroatoms. The fraction of sp³-hybridized carbons (Fsp3) is 0.316. The number of carbonyl (C=O) groups is 1. The van der Waals surface area contributed by atoms with E-state index in [1.54, 1.807) is 0 Å². The lowest BCUT2D eigenvalue weighted by atomic mass is 10.1. The zero-order valence-corrected chi connectivity index (χ0v) is 14.9. The van der Waals surface area contributed by atoms with Gasteiger partial charge < -0.3 is 5.32 Å². The Morgan fingerprint density at radius 2 is 1.91 bits per heavy atom. The van der Waals surface area contributed by atoms with Crippen molar-refractivity contribution in [1.29, 1.82) is 0 Å². The van der Waals surface area contributed by atoms with Gasteiger partial charge in [0.15, 0.2) is 0 Å². The lowest BCUT2D eigenvalue weighted by Gasteiger charge is -2.06. The maximum Gasteiger partial charge on any atom is 0.220 e. The average Bonchev–Trinajstić information content (AvgIpc) is 2.54. The van der Waals surface area contributed by atoms with Gasteiger partial charge in [-0.2, -0.15) is 11.8 Å². The van der Waals surface area contributed by atoms with Gasteiger partial charge in [0.05, 0.1) is 0 Å². The summed E-state index contributed by atoms with van der Waals surface area (Å²) < 4.78 is 0. The summed E-state index contributed by atoms with van der Waals surface area (Å²) in [6, 6.07) is 16.2. The fourth-order valence-corrected chi connectivity index (χ4v) is 3.18. The van der Waals surface area contributed by atoms with Gasteiger partial charge in [-0.3, -0.25) is 4.79 Å². The van der Waals surface area contributed by atoms with Crippen LogP contribution in [-0.2, 0) is 17.0 Å². The van der Waals surface area contributed by atoms with Crippen LogP contribution in [0.2, 0.25) is 5.02 Å². The molecule has 122 valence electrons. The number of hydrogen-bond acceptors (Lipinski definition) is 2. The van der Waals surface area contributed by atoms with E-state index in [4.69, 9.17) is 11.6 Å². The van der Waals surface area contributed by atoms with Crippen molar-refractivity contribution in [1.82, 2.24) is 5.32 Å². The Hall–Kier alpha value is -1.45. The molecule has 0 spiro atoms. The minimum absolute atomic E-state index is 0.108. The van der Waals surface area contributed by atoms with Crippen LogP contribution in [0, 0.1) is 6.92 Å². The third kappa shape index (κ3) is 7.10. The van der Waals surface area contributed by atoms with Crippen molar-refractivity contribution in [3.8, 4) is 0 Å². The molecule has 0 heterocycles. The van der Waals surface area contributed by atoms with E-state index in [2.05, 4.69) is 36.5 Å². The Morgan fingerprint density at radius 3 is 2.65 bits per heavy atom. The molecular formula is C19H22ClNOS. The van der Waals surface area contributed by atoms with Crippen molar-refractivity contribution in [3.63, 3.8) is 0 Å². The molecule has 23 heavy (non-hydrogen) atoms. The van der Waals surface area contributed by atoms with Crippen molar-refractivity contribution >= 4 is 29.3 Å². The molecule has 2 aromatic rings. The SMILES string of the molecule is Cc1cccc(CSCCNC(=O)CCc2ccc(Cl)cc2)c1. The second kappa shape index (κ2) is 9.64. The number of amides is 1. The monoisotopic (exact) mass is 347 g/mol. The highest BCUT2D eigenvalue weighted by molar-refractivity contribution is 7.98. The van der Waals surface area contributed by atoms with Crippen LogP contribution < -0.4 is 5.32 Å². The molecule has 0 saturated carbocycles. The largest absolute Gasteiger partial charge is 0.355 e. The third-order valence-electron chi connectivity index (χ3n) is 3.47. The summed E-state index contributed by atoms with van der Waals surface area (Å²) in [6.45, 7) is 2.82.